The van der Waals surface area contributed by atoms with Crippen molar-refractivity contribution in [3.63, 3.8) is 0 Å². The van der Waals surface area contributed by atoms with Gasteiger partial charge in [0.15, 0.2) is 5.17 Å². The minimum Gasteiger partial charge on any atom is -0.379 e. The van der Waals surface area contributed by atoms with Crippen LogP contribution in [0.1, 0.15) is 20.3 Å². The second-order valence-corrected chi connectivity index (χ2v) is 3.25. The minimum absolute atomic E-state index is 0.232. The third-order valence-electron chi connectivity index (χ3n) is 1.22. The van der Waals surface area contributed by atoms with Gasteiger partial charge in [-0.25, -0.2) is 0 Å². The first-order valence-electron chi connectivity index (χ1n) is 3.13. The highest BCUT2D eigenvalue weighted by Crippen LogP contribution is 2.09. The smallest absolute Gasteiger partial charge is 0.151 e. The van der Waals surface area contributed by atoms with Gasteiger partial charge in [0.1, 0.15) is 0 Å². The molecule has 9 heavy (non-hydrogen) atoms. The number of thioether (sulfide) groups is 1. The second kappa shape index (κ2) is 4.68. The molecule has 0 rings (SSSR count). The first-order chi connectivity index (χ1) is 4.16. The third kappa shape index (κ3) is 5.69. The number of amidine groups is 1. The van der Waals surface area contributed by atoms with E-state index >= 15 is 0 Å². The number of hydrogen-bond acceptors (Lipinski definition) is 2. The predicted molar refractivity (Wildman–Crippen MR) is 43.8 cm³/mol. The maximum absolute atomic E-state index is 6.90. The molecule has 0 saturated carbocycles. The molecule has 3 N–H and O–H groups in total. The van der Waals surface area contributed by atoms with Gasteiger partial charge in [-0.05, 0) is 5.92 Å². The van der Waals surface area contributed by atoms with E-state index in [1.54, 1.807) is 0 Å². The molecular formula is C6H14N2S. The van der Waals surface area contributed by atoms with Gasteiger partial charge in [0.25, 0.3) is 0 Å². The number of nitrogens with one attached hydrogen (secondary N) is 1. The van der Waals surface area contributed by atoms with E-state index in [4.69, 9.17) is 11.1 Å². The van der Waals surface area contributed by atoms with E-state index in [1.807, 2.05) is 0 Å². The molecule has 2 nitrogen and oxygen atoms in total. The fraction of sp³-hybridized carbons (Fsp3) is 0.833. The Bertz CT molecular complexity index is 93.1. The fourth-order valence-corrected chi connectivity index (χ4v) is 1.05. The molecule has 0 saturated heterocycles. The molecule has 0 aliphatic carbocycles. The van der Waals surface area contributed by atoms with Crippen LogP contribution >= 0.6 is 11.8 Å². The van der Waals surface area contributed by atoms with Crippen LogP contribution in [0.15, 0.2) is 0 Å². The summed E-state index contributed by atoms with van der Waals surface area (Å²) in [5.41, 5.74) is 5.14. The molecule has 0 spiro atoms. The van der Waals surface area contributed by atoms with Crippen LogP contribution in [0, 0.1) is 11.3 Å². The van der Waals surface area contributed by atoms with Gasteiger partial charge in [-0.3, -0.25) is 5.41 Å². The number of hydrogen-bond donors (Lipinski definition) is 2. The Labute approximate surface area is 60.7 Å². The molecule has 0 aliphatic heterocycles. The van der Waals surface area contributed by atoms with E-state index in [0.717, 1.165) is 5.75 Å². The predicted octanol–water partition coefficient (Wildman–Crippen LogP) is 1.66. The fourth-order valence-electron chi connectivity index (χ4n) is 0.350. The molecule has 0 fully saturated rings. The first-order valence-corrected chi connectivity index (χ1v) is 4.12. The zero-order valence-corrected chi connectivity index (χ0v) is 6.79. The largest absolute Gasteiger partial charge is 0.379 e. The van der Waals surface area contributed by atoms with E-state index in [0.29, 0.717) is 5.92 Å². The van der Waals surface area contributed by atoms with Crippen molar-refractivity contribution >= 4 is 16.9 Å². The molecule has 0 aromatic rings. The molecule has 0 radical (unpaired) electrons. The van der Waals surface area contributed by atoms with Crippen LogP contribution in [0.5, 0.6) is 0 Å². The summed E-state index contributed by atoms with van der Waals surface area (Å²) in [5.74, 6) is 1.66. The summed E-state index contributed by atoms with van der Waals surface area (Å²) in [6, 6.07) is 0. The summed E-state index contributed by atoms with van der Waals surface area (Å²) in [5, 5.41) is 7.14. The summed E-state index contributed by atoms with van der Waals surface area (Å²) >= 11 is 1.43. The van der Waals surface area contributed by atoms with E-state index < -0.39 is 0 Å². The zero-order valence-electron chi connectivity index (χ0n) is 5.98. The van der Waals surface area contributed by atoms with Gasteiger partial charge < -0.3 is 5.73 Å². The van der Waals surface area contributed by atoms with Gasteiger partial charge in [-0.15, -0.1) is 0 Å². The third-order valence-corrected chi connectivity index (χ3v) is 2.27. The van der Waals surface area contributed by atoms with Crippen molar-refractivity contribution in [2.45, 2.75) is 20.3 Å². The van der Waals surface area contributed by atoms with E-state index in [9.17, 15) is 0 Å². The zero-order chi connectivity index (χ0) is 7.28. The Morgan fingerprint density at radius 2 is 2.33 bits per heavy atom. The molecule has 0 aromatic carbocycles. The van der Waals surface area contributed by atoms with Crippen LogP contribution in [0.4, 0.5) is 0 Å². The number of nitrogens with two attached hydrogens (primary N) is 1. The van der Waals surface area contributed by atoms with Crippen LogP contribution in [-0.4, -0.2) is 10.9 Å². The molecule has 0 amide bonds. The van der Waals surface area contributed by atoms with Crippen LogP contribution in [-0.2, 0) is 0 Å². The van der Waals surface area contributed by atoms with Gasteiger partial charge in [0.2, 0.25) is 0 Å². The van der Waals surface area contributed by atoms with Crippen molar-refractivity contribution in [1.82, 2.24) is 0 Å². The van der Waals surface area contributed by atoms with Gasteiger partial charge in [0, 0.05) is 5.75 Å². The normalized spacial score (nSPS) is 13.1. The lowest BCUT2D eigenvalue weighted by atomic mass is 10.2. The van der Waals surface area contributed by atoms with Gasteiger partial charge >= 0.3 is 0 Å². The molecule has 1 atom stereocenters. The van der Waals surface area contributed by atoms with E-state index in [1.165, 1.54) is 18.2 Å². The molecule has 0 aliphatic rings. The topological polar surface area (TPSA) is 49.9 Å². The molecule has 0 heterocycles. The van der Waals surface area contributed by atoms with Gasteiger partial charge in [-0.2, -0.15) is 0 Å². The lowest BCUT2D eigenvalue weighted by molar-refractivity contribution is 0.638. The first kappa shape index (κ1) is 8.82. The van der Waals surface area contributed by atoms with Gasteiger partial charge in [0.05, 0.1) is 0 Å². The monoisotopic (exact) mass is 146 g/mol. The summed E-state index contributed by atoms with van der Waals surface area (Å²) in [6.07, 6.45) is 1.17. The van der Waals surface area contributed by atoms with Crippen LogP contribution in [0.2, 0.25) is 0 Å². The summed E-state index contributed by atoms with van der Waals surface area (Å²) in [6.45, 7) is 4.31. The Morgan fingerprint density at radius 1 is 1.78 bits per heavy atom. The van der Waals surface area contributed by atoms with Gasteiger partial charge in [-0.1, -0.05) is 32.0 Å². The quantitative estimate of drug-likeness (QED) is 0.470. The Balaban J connectivity index is 3.16. The number of rotatable bonds is 3. The Morgan fingerprint density at radius 3 is 2.67 bits per heavy atom. The van der Waals surface area contributed by atoms with Crippen molar-refractivity contribution in [2.75, 3.05) is 5.75 Å². The lowest BCUT2D eigenvalue weighted by Crippen LogP contribution is -2.07. The van der Waals surface area contributed by atoms with Crippen LogP contribution in [0.3, 0.4) is 0 Å². The van der Waals surface area contributed by atoms with Crippen molar-refractivity contribution in [3.05, 3.63) is 0 Å². The standard InChI is InChI=1S/C6H14N2S/c1-3-5(2)4-9-6(7)8/h5H,3-4H2,1-2H3,(H3,7,8). The van der Waals surface area contributed by atoms with E-state index in [-0.39, 0.29) is 5.17 Å². The average Bonchev–Trinajstić information content (AvgIpc) is 1.83. The Kier molecular flexibility index (Phi) is 4.58. The summed E-state index contributed by atoms with van der Waals surface area (Å²) < 4.78 is 0. The molecule has 0 bridgehead atoms. The molecule has 0 aromatic heterocycles. The minimum atomic E-state index is 0.232. The highest BCUT2D eigenvalue weighted by Gasteiger charge is 1.98. The van der Waals surface area contributed by atoms with Crippen LogP contribution < -0.4 is 5.73 Å². The molecule has 1 unspecified atom stereocenters. The average molecular weight is 146 g/mol. The Hall–Kier alpha value is -0.180. The van der Waals surface area contributed by atoms with Crippen LogP contribution in [0.25, 0.3) is 0 Å². The maximum Gasteiger partial charge on any atom is 0.151 e. The maximum atomic E-state index is 6.90. The highest BCUT2D eigenvalue weighted by molar-refractivity contribution is 8.13. The molecule has 3 heteroatoms. The van der Waals surface area contributed by atoms with Crippen molar-refractivity contribution in [1.29, 1.82) is 5.41 Å². The molecule has 54 valence electrons. The van der Waals surface area contributed by atoms with Crippen molar-refractivity contribution in [2.24, 2.45) is 11.7 Å². The SMILES string of the molecule is CCC(C)CSC(=N)N. The molecular weight excluding hydrogens is 132 g/mol. The summed E-state index contributed by atoms with van der Waals surface area (Å²) in [7, 11) is 0. The highest BCUT2D eigenvalue weighted by atomic mass is 32.2. The summed E-state index contributed by atoms with van der Waals surface area (Å²) in [4.78, 5) is 0. The lowest BCUT2D eigenvalue weighted by Gasteiger charge is -2.04. The van der Waals surface area contributed by atoms with E-state index in [2.05, 4.69) is 13.8 Å². The second-order valence-electron chi connectivity index (χ2n) is 2.19. The van der Waals surface area contributed by atoms with Crippen molar-refractivity contribution < 1.29 is 0 Å². The van der Waals surface area contributed by atoms with Crippen molar-refractivity contribution in [3.8, 4) is 0 Å².